The molecule has 6 heteroatoms. The first-order valence-electron chi connectivity index (χ1n) is 5.84. The summed E-state index contributed by atoms with van der Waals surface area (Å²) in [6.07, 6.45) is 5.05. The minimum atomic E-state index is -0.626. The number of nitrogens with two attached hydrogens (primary N) is 1. The lowest BCUT2D eigenvalue weighted by Crippen LogP contribution is -2.39. The maximum atomic E-state index is 10.3. The number of anilines is 2. The fraction of sp³-hybridized carbons (Fsp3) is 0.636. The number of aliphatic hydroxyl groups is 1. The molecule has 1 fully saturated rings. The molecule has 0 aliphatic heterocycles. The second kappa shape index (κ2) is 5.18. The highest BCUT2D eigenvalue weighted by Crippen LogP contribution is 2.28. The van der Waals surface area contributed by atoms with E-state index in [-0.39, 0.29) is 0 Å². The van der Waals surface area contributed by atoms with E-state index >= 15 is 0 Å². The van der Waals surface area contributed by atoms with E-state index < -0.39 is 5.60 Å². The third kappa shape index (κ3) is 3.54. The van der Waals surface area contributed by atoms with Crippen LogP contribution >= 0.6 is 15.9 Å². The first-order chi connectivity index (χ1) is 8.07. The SMILES string of the molecule is Nc1cc(Br)nc(NCC2(O)CCCCC2)n1. The van der Waals surface area contributed by atoms with Crippen LogP contribution in [0, 0.1) is 0 Å². The Balaban J connectivity index is 1.96. The minimum Gasteiger partial charge on any atom is -0.388 e. The maximum Gasteiger partial charge on any atom is 0.225 e. The predicted molar refractivity (Wildman–Crippen MR) is 70.7 cm³/mol. The lowest BCUT2D eigenvalue weighted by atomic mass is 9.85. The van der Waals surface area contributed by atoms with Gasteiger partial charge in [0.05, 0.1) is 5.60 Å². The zero-order chi connectivity index (χ0) is 12.3. The number of rotatable bonds is 3. The van der Waals surface area contributed by atoms with E-state index in [2.05, 4.69) is 31.2 Å². The van der Waals surface area contributed by atoms with Gasteiger partial charge in [-0.3, -0.25) is 0 Å². The van der Waals surface area contributed by atoms with Crippen molar-refractivity contribution in [1.82, 2.24) is 9.97 Å². The normalized spacial score (nSPS) is 18.9. The van der Waals surface area contributed by atoms with Crippen molar-refractivity contribution in [3.05, 3.63) is 10.7 Å². The number of hydrogen-bond donors (Lipinski definition) is 3. The highest BCUT2D eigenvalue weighted by Gasteiger charge is 2.29. The Kier molecular flexibility index (Phi) is 3.83. The van der Waals surface area contributed by atoms with Crippen LogP contribution in [-0.2, 0) is 0 Å². The van der Waals surface area contributed by atoms with Gasteiger partial charge in [-0.1, -0.05) is 19.3 Å². The van der Waals surface area contributed by atoms with Crippen molar-refractivity contribution < 1.29 is 5.11 Å². The molecule has 0 radical (unpaired) electrons. The van der Waals surface area contributed by atoms with Gasteiger partial charge in [-0.25, -0.2) is 4.98 Å². The van der Waals surface area contributed by atoms with Crippen molar-refractivity contribution in [3.8, 4) is 0 Å². The van der Waals surface area contributed by atoms with Crippen molar-refractivity contribution in [2.24, 2.45) is 0 Å². The third-order valence-electron chi connectivity index (χ3n) is 3.07. The van der Waals surface area contributed by atoms with Crippen molar-refractivity contribution in [2.75, 3.05) is 17.6 Å². The number of aromatic nitrogens is 2. The quantitative estimate of drug-likeness (QED) is 0.743. The number of halogens is 1. The number of nitrogen functional groups attached to an aromatic ring is 1. The molecule has 1 saturated carbocycles. The predicted octanol–water partition coefficient (Wildman–Crippen LogP) is 1.93. The van der Waals surface area contributed by atoms with E-state index in [0.717, 1.165) is 25.7 Å². The highest BCUT2D eigenvalue weighted by atomic mass is 79.9. The molecule has 1 aliphatic rings. The smallest absolute Gasteiger partial charge is 0.225 e. The molecule has 17 heavy (non-hydrogen) atoms. The van der Waals surface area contributed by atoms with Crippen molar-refractivity contribution in [3.63, 3.8) is 0 Å². The summed E-state index contributed by atoms with van der Waals surface area (Å²) in [6, 6.07) is 1.64. The second-order valence-corrected chi connectivity index (χ2v) is 5.39. The van der Waals surface area contributed by atoms with Gasteiger partial charge in [0.2, 0.25) is 5.95 Å². The average molecular weight is 301 g/mol. The minimum absolute atomic E-state index is 0.407. The molecule has 2 rings (SSSR count). The lowest BCUT2D eigenvalue weighted by Gasteiger charge is -2.32. The van der Waals surface area contributed by atoms with Gasteiger partial charge in [0.25, 0.3) is 0 Å². The van der Waals surface area contributed by atoms with Crippen LogP contribution < -0.4 is 11.1 Å². The largest absolute Gasteiger partial charge is 0.388 e. The van der Waals surface area contributed by atoms with Crippen molar-refractivity contribution in [1.29, 1.82) is 0 Å². The Labute approximate surface area is 109 Å². The Morgan fingerprint density at radius 1 is 1.35 bits per heavy atom. The van der Waals surface area contributed by atoms with E-state index in [9.17, 15) is 5.11 Å². The summed E-state index contributed by atoms with van der Waals surface area (Å²) in [4.78, 5) is 8.22. The van der Waals surface area contributed by atoms with E-state index in [1.54, 1.807) is 6.07 Å². The summed E-state index contributed by atoms with van der Waals surface area (Å²) in [5.41, 5.74) is 4.99. The van der Waals surface area contributed by atoms with Crippen molar-refractivity contribution in [2.45, 2.75) is 37.7 Å². The summed E-state index contributed by atoms with van der Waals surface area (Å²) in [7, 11) is 0. The van der Waals surface area contributed by atoms with Crippen LogP contribution in [-0.4, -0.2) is 27.2 Å². The first kappa shape index (κ1) is 12.6. The van der Waals surface area contributed by atoms with Crippen LogP contribution in [0.25, 0.3) is 0 Å². The van der Waals surface area contributed by atoms with Crippen LogP contribution in [0.15, 0.2) is 10.7 Å². The molecule has 1 heterocycles. The lowest BCUT2D eigenvalue weighted by molar-refractivity contribution is 0.0166. The molecule has 0 amide bonds. The Hall–Kier alpha value is -0.880. The standard InChI is InChI=1S/C11H17BrN4O/c12-8-6-9(13)16-10(15-8)14-7-11(17)4-2-1-3-5-11/h6,17H,1-5,7H2,(H3,13,14,15,16). The molecule has 0 saturated heterocycles. The molecule has 4 N–H and O–H groups in total. The average Bonchev–Trinajstić information content (AvgIpc) is 2.26. The number of nitrogens with zero attached hydrogens (tertiary/aromatic N) is 2. The van der Waals surface area contributed by atoms with E-state index in [4.69, 9.17) is 5.73 Å². The molecular weight excluding hydrogens is 284 g/mol. The van der Waals surface area contributed by atoms with E-state index in [0.29, 0.717) is 22.9 Å². The van der Waals surface area contributed by atoms with Crippen LogP contribution in [0.2, 0.25) is 0 Å². The topological polar surface area (TPSA) is 84.1 Å². The van der Waals surface area contributed by atoms with Crippen LogP contribution in [0.1, 0.15) is 32.1 Å². The second-order valence-electron chi connectivity index (χ2n) is 4.58. The molecule has 0 aromatic carbocycles. The van der Waals surface area contributed by atoms with E-state index in [1.165, 1.54) is 6.42 Å². The number of nitrogens with one attached hydrogen (secondary N) is 1. The summed E-state index contributed by atoms with van der Waals surface area (Å²) in [6.45, 7) is 0.475. The fourth-order valence-corrected chi connectivity index (χ4v) is 2.55. The van der Waals surface area contributed by atoms with Gasteiger partial charge in [0.15, 0.2) is 0 Å². The molecule has 94 valence electrons. The summed E-state index contributed by atoms with van der Waals surface area (Å²) in [5.74, 6) is 0.862. The molecule has 0 spiro atoms. The number of hydrogen-bond acceptors (Lipinski definition) is 5. The molecule has 0 atom stereocenters. The van der Waals surface area contributed by atoms with Crippen LogP contribution in [0.3, 0.4) is 0 Å². The molecule has 1 aromatic heterocycles. The monoisotopic (exact) mass is 300 g/mol. The molecule has 5 nitrogen and oxygen atoms in total. The zero-order valence-electron chi connectivity index (χ0n) is 9.62. The zero-order valence-corrected chi connectivity index (χ0v) is 11.2. The van der Waals surface area contributed by atoms with Crippen molar-refractivity contribution >= 4 is 27.7 Å². The van der Waals surface area contributed by atoms with Gasteiger partial charge in [-0.05, 0) is 28.8 Å². The van der Waals surface area contributed by atoms with Crippen LogP contribution in [0.5, 0.6) is 0 Å². The van der Waals surface area contributed by atoms with Gasteiger partial charge < -0.3 is 16.2 Å². The Morgan fingerprint density at radius 2 is 2.06 bits per heavy atom. The summed E-state index contributed by atoms with van der Waals surface area (Å²) in [5, 5.41) is 13.4. The van der Waals surface area contributed by atoms with Gasteiger partial charge in [0.1, 0.15) is 10.4 Å². The molecule has 1 aliphatic carbocycles. The first-order valence-corrected chi connectivity index (χ1v) is 6.63. The Bertz CT molecular complexity index is 373. The Morgan fingerprint density at radius 3 is 2.71 bits per heavy atom. The third-order valence-corrected chi connectivity index (χ3v) is 3.48. The maximum absolute atomic E-state index is 10.3. The molecule has 1 aromatic rings. The fourth-order valence-electron chi connectivity index (χ4n) is 2.14. The highest BCUT2D eigenvalue weighted by molar-refractivity contribution is 9.10. The van der Waals surface area contributed by atoms with Gasteiger partial charge in [0, 0.05) is 12.6 Å². The summed E-state index contributed by atoms with van der Waals surface area (Å²) >= 11 is 3.26. The molecular formula is C11H17BrN4O. The van der Waals surface area contributed by atoms with Gasteiger partial charge in [-0.15, -0.1) is 0 Å². The van der Waals surface area contributed by atoms with E-state index in [1.807, 2.05) is 0 Å². The molecule has 0 bridgehead atoms. The van der Waals surface area contributed by atoms with Crippen LogP contribution in [0.4, 0.5) is 11.8 Å². The van der Waals surface area contributed by atoms with Gasteiger partial charge in [-0.2, -0.15) is 4.98 Å². The summed E-state index contributed by atoms with van der Waals surface area (Å²) < 4.78 is 0.642. The molecule has 0 unspecified atom stereocenters. The van der Waals surface area contributed by atoms with Gasteiger partial charge >= 0.3 is 0 Å².